The molecular weight excluding hydrogens is 1490 g/mol. The van der Waals surface area contributed by atoms with E-state index in [4.69, 9.17) is 65.9 Å². The Morgan fingerprint density at radius 3 is 0.936 bits per heavy atom. The quantitative estimate of drug-likeness (QED) is 0.0162. The minimum Gasteiger partial charge on any atom is -0.462 e. The lowest BCUT2D eigenvalue weighted by atomic mass is 9.84. The minimum atomic E-state index is -5.85. The monoisotopic (exact) mass is 1620 g/mol. The minimum absolute atomic E-state index is 0.0148. The molecule has 0 aromatic carbocycles. The summed E-state index contributed by atoms with van der Waals surface area (Å²) in [5.41, 5.74) is 0. The predicted octanol–water partition coefficient (Wildman–Crippen LogP) is -3.15. The third kappa shape index (κ3) is 29.4. The summed E-state index contributed by atoms with van der Waals surface area (Å²) in [5.74, 6) is -1.47. The molecule has 6 rings (SSSR count). The summed E-state index contributed by atoms with van der Waals surface area (Å²) >= 11 is 0. The first-order valence-corrected chi connectivity index (χ1v) is 40.9. The second-order valence-corrected chi connectivity index (χ2v) is 31.1. The third-order valence-corrected chi connectivity index (χ3v) is 21.9. The number of esters is 2. The number of aliphatic hydroxyl groups is 20. The maximum absolute atomic E-state index is 14.4. The fourth-order valence-corrected chi connectivity index (χ4v) is 14.9. The molecular formula is C71H129O38P. The zero-order valence-electron chi connectivity index (χ0n) is 63.0. The van der Waals surface area contributed by atoms with Gasteiger partial charge in [0.1, 0.15) is 165 Å². The molecule has 0 bridgehead atoms. The molecule has 0 amide bonds. The van der Waals surface area contributed by atoms with Gasteiger partial charge in [-0.1, -0.05) is 168 Å². The first kappa shape index (κ1) is 96.7. The molecule has 1 saturated carbocycles. The van der Waals surface area contributed by atoms with Gasteiger partial charge in [-0.3, -0.25) is 18.6 Å². The number of phosphoric acid groups is 1. The second-order valence-electron chi connectivity index (χ2n) is 29.7. The molecule has 21 N–H and O–H groups in total. The highest BCUT2D eigenvalue weighted by Crippen LogP contribution is 2.49. The molecule has 33 atom stereocenters. The topological polar surface area (TPSA) is 605 Å². The highest BCUT2D eigenvalue weighted by Gasteiger charge is 2.59. The average Bonchev–Trinajstić information content (AvgIpc) is 0.758. The maximum Gasteiger partial charge on any atom is 0.472 e. The lowest BCUT2D eigenvalue weighted by molar-refractivity contribution is -0.365. The lowest BCUT2D eigenvalue weighted by Crippen LogP contribution is -2.69. The highest BCUT2D eigenvalue weighted by atomic mass is 31.2. The number of rotatable bonds is 51. The first-order valence-electron chi connectivity index (χ1n) is 39.4. The molecule has 1 aliphatic carbocycles. The van der Waals surface area contributed by atoms with Crippen LogP contribution >= 0.6 is 7.82 Å². The van der Waals surface area contributed by atoms with Crippen molar-refractivity contribution in [1.29, 1.82) is 0 Å². The molecule has 39 heteroatoms. The van der Waals surface area contributed by atoms with Crippen LogP contribution in [0.3, 0.4) is 0 Å². The molecule has 5 aliphatic heterocycles. The molecule has 0 aromatic heterocycles. The molecule has 6 fully saturated rings. The molecule has 110 heavy (non-hydrogen) atoms. The van der Waals surface area contributed by atoms with Crippen molar-refractivity contribution in [3.8, 4) is 0 Å². The van der Waals surface area contributed by atoms with Gasteiger partial charge in [0.25, 0.3) is 0 Å². The molecule has 5 heterocycles. The largest absolute Gasteiger partial charge is 0.472 e. The van der Waals surface area contributed by atoms with Crippen molar-refractivity contribution < 1.29 is 187 Å². The maximum atomic E-state index is 14.4. The van der Waals surface area contributed by atoms with Gasteiger partial charge in [0.15, 0.2) is 37.6 Å². The van der Waals surface area contributed by atoms with Crippen LogP contribution in [0.2, 0.25) is 0 Å². The zero-order valence-corrected chi connectivity index (χ0v) is 63.9. The molecule has 0 radical (unpaired) electrons. The number of hydrogen-bond donors (Lipinski definition) is 21. The third-order valence-electron chi connectivity index (χ3n) is 21.0. The Bertz CT molecular complexity index is 2560. The Morgan fingerprint density at radius 2 is 0.600 bits per heavy atom. The van der Waals surface area contributed by atoms with E-state index in [2.05, 4.69) is 13.8 Å². The smallest absolute Gasteiger partial charge is 0.462 e. The summed E-state index contributed by atoms with van der Waals surface area (Å²) in [4.78, 5) is 38.2. The Morgan fingerprint density at radius 1 is 0.327 bits per heavy atom. The van der Waals surface area contributed by atoms with Crippen LogP contribution in [0.5, 0.6) is 0 Å². The summed E-state index contributed by atoms with van der Waals surface area (Å²) < 4.78 is 92.8. The van der Waals surface area contributed by atoms with Crippen LogP contribution in [0.15, 0.2) is 0 Å². The number of unbranched alkanes of at least 4 members (excludes halogenated alkanes) is 24. The van der Waals surface area contributed by atoms with Gasteiger partial charge in [0.05, 0.1) is 39.6 Å². The predicted molar refractivity (Wildman–Crippen MR) is 375 cm³/mol. The van der Waals surface area contributed by atoms with E-state index in [0.717, 1.165) is 70.6 Å². The van der Waals surface area contributed by atoms with Crippen LogP contribution in [-0.2, 0) is 80.0 Å². The van der Waals surface area contributed by atoms with E-state index in [1.54, 1.807) is 0 Å². The fourth-order valence-electron chi connectivity index (χ4n) is 14.0. The number of carbonyl (C=O) groups is 2. The van der Waals surface area contributed by atoms with Crippen molar-refractivity contribution in [2.75, 3.05) is 46.2 Å². The van der Waals surface area contributed by atoms with E-state index in [1.165, 1.54) is 77.0 Å². The van der Waals surface area contributed by atoms with Crippen molar-refractivity contribution in [3.63, 3.8) is 0 Å². The molecule has 38 nitrogen and oxygen atoms in total. The van der Waals surface area contributed by atoms with Crippen LogP contribution in [0.25, 0.3) is 0 Å². The van der Waals surface area contributed by atoms with Gasteiger partial charge in [-0.2, -0.15) is 0 Å². The molecule has 6 aliphatic rings. The van der Waals surface area contributed by atoms with Crippen molar-refractivity contribution >= 4 is 19.8 Å². The van der Waals surface area contributed by atoms with E-state index >= 15 is 0 Å². The Kier molecular flexibility index (Phi) is 43.9. The molecule has 0 aromatic rings. The van der Waals surface area contributed by atoms with E-state index in [-0.39, 0.29) is 12.8 Å². The number of aliphatic hydroxyl groups excluding tert-OH is 20. The van der Waals surface area contributed by atoms with Crippen LogP contribution in [-0.4, -0.2) is 361 Å². The van der Waals surface area contributed by atoms with E-state index in [9.17, 15) is 121 Å². The van der Waals surface area contributed by atoms with Crippen LogP contribution in [0.1, 0.15) is 194 Å². The fraction of sp³-hybridized carbons (Fsp3) is 0.972. The molecule has 0 spiro atoms. The van der Waals surface area contributed by atoms with Gasteiger partial charge < -0.3 is 164 Å². The Balaban J connectivity index is 1.13. The SMILES string of the molecule is CCCCCCCCCCCCCCCCCC(=O)OC[C@H](COP(=O)(O)O[C@@H]1C(O[C@@H]2OC(CO[C@@H]3OC(CO[C@@H]4OC(CO[C@@H]5OC(CO)[C@H](O)C(O)[C@@H]5O)[C@H](O)C(O)[C@@H]4O)[C@H](O)C(O)[C@@H]3O)[C@H](O)C(O)[C@@H]2O)C(O)[C@@H](O)C(O)[C@H]1O[C@H]1OC(CO)[C@@H](O)C(O)[C@H]1O)OC(=O)CCCCCCCCCCCCC. The van der Waals surface area contributed by atoms with Gasteiger partial charge in [-0.15, -0.1) is 0 Å². The van der Waals surface area contributed by atoms with Gasteiger partial charge in [0, 0.05) is 12.8 Å². The lowest BCUT2D eigenvalue weighted by Gasteiger charge is -2.49. The van der Waals surface area contributed by atoms with Crippen LogP contribution < -0.4 is 0 Å². The first-order chi connectivity index (χ1) is 52.5. The second kappa shape index (κ2) is 49.9. The number of hydrogen-bond acceptors (Lipinski definition) is 37. The van der Waals surface area contributed by atoms with Crippen LogP contribution in [0, 0.1) is 0 Å². The highest BCUT2D eigenvalue weighted by molar-refractivity contribution is 7.47. The molecule has 646 valence electrons. The van der Waals surface area contributed by atoms with Gasteiger partial charge in [0.2, 0.25) is 0 Å². The number of ether oxygens (including phenoxy) is 12. The van der Waals surface area contributed by atoms with Crippen molar-refractivity contribution in [2.45, 2.75) is 390 Å². The van der Waals surface area contributed by atoms with E-state index in [1.807, 2.05) is 0 Å². The van der Waals surface area contributed by atoms with Gasteiger partial charge in [-0.25, -0.2) is 4.57 Å². The zero-order chi connectivity index (χ0) is 80.8. The van der Waals surface area contributed by atoms with E-state index < -0.39 is 262 Å². The summed E-state index contributed by atoms with van der Waals surface area (Å²) in [6.07, 6.45) is -39.3. The summed E-state index contributed by atoms with van der Waals surface area (Å²) in [7, 11) is -5.85. The molecule has 5 saturated heterocycles. The van der Waals surface area contributed by atoms with Crippen molar-refractivity contribution in [1.82, 2.24) is 0 Å². The Labute approximate surface area is 640 Å². The summed E-state index contributed by atoms with van der Waals surface area (Å²) in [5, 5.41) is 217. The molecule has 14 unspecified atom stereocenters. The van der Waals surface area contributed by atoms with Gasteiger partial charge in [-0.05, 0) is 12.8 Å². The summed E-state index contributed by atoms with van der Waals surface area (Å²) in [6.45, 7) is -1.91. The standard InChI is InChI=1S/C71H129O38P/c1-3-5-7-9-11-13-15-16-17-18-20-21-23-25-27-29-44(74)96-33-38(101-45(75)30-28-26-24-22-19-14-12-10-8-6-4-2)34-100-110(94,95)109-66-64(107-70-62(92)52(82)47(77)40(32-73)103-70)57(87)56(86)58(88)65(66)108-71-63(93)55(85)50(80)43(106-71)37-99-69-61(91)54(84)49(79)42(105-69)36-98-68-60(90)53(83)48(78)41(104-68)35-97-67-59(89)51(81)46(76)39(31-72)102-67/h38-43,46-73,76-93H,3-37H2,1-2H3,(H,94,95)/t38-,39?,40?,41?,42?,43?,46+,47-,48+,49+,50+,51?,52?,53?,54?,55?,56+,57?,58?,59+,60+,61+,62-,63+,64-,65?,66+,67-,68-,69-,70-,71+/m1/s1. The summed E-state index contributed by atoms with van der Waals surface area (Å²) in [6, 6.07) is 0. The Hall–Kier alpha value is -2.15. The van der Waals surface area contributed by atoms with Crippen LogP contribution in [0.4, 0.5) is 0 Å². The van der Waals surface area contributed by atoms with Crippen molar-refractivity contribution in [3.05, 3.63) is 0 Å². The van der Waals surface area contributed by atoms with Gasteiger partial charge >= 0.3 is 19.8 Å². The average molecular weight is 1620 g/mol. The van der Waals surface area contributed by atoms with Crippen molar-refractivity contribution in [2.24, 2.45) is 0 Å². The van der Waals surface area contributed by atoms with E-state index in [0.29, 0.717) is 19.3 Å². The normalized spacial score (nSPS) is 38.6. The number of carbonyl (C=O) groups excluding carboxylic acids is 2. The number of phosphoric ester groups is 1.